The molecule has 0 unspecified atom stereocenters. The third-order valence-corrected chi connectivity index (χ3v) is 2.61. The quantitative estimate of drug-likeness (QED) is 0.527. The van der Waals surface area contributed by atoms with Crippen LogP contribution in [0, 0.1) is 17.8 Å². The minimum Gasteiger partial charge on any atom is -0.345 e. The van der Waals surface area contributed by atoms with Crippen molar-refractivity contribution in [1.82, 2.24) is 4.90 Å². The Morgan fingerprint density at radius 1 is 1.44 bits per heavy atom. The fourth-order valence-corrected chi connectivity index (χ4v) is 1.49. The van der Waals surface area contributed by atoms with Crippen LogP contribution in [0.3, 0.4) is 0 Å². The fraction of sp³-hybridized carbons (Fsp3) is 0.769. The van der Waals surface area contributed by atoms with Crippen molar-refractivity contribution in [2.24, 2.45) is 11.1 Å². The number of hydrogen-bond acceptors (Lipinski definition) is 2. The first-order chi connectivity index (χ1) is 7.43. The summed E-state index contributed by atoms with van der Waals surface area (Å²) in [6.07, 6.45) is 8.28. The average molecular weight is 224 g/mol. The number of unbranched alkanes of at least 4 members (excludes halogenated alkanes) is 2. The second kappa shape index (κ2) is 7.29. The SMILES string of the molecule is C#CCCCCC(=O)N(C)CC(C)(C)CN. The minimum atomic E-state index is -0.0107. The molecule has 1 amide bonds. The van der Waals surface area contributed by atoms with Crippen molar-refractivity contribution >= 4 is 5.91 Å². The number of terminal acetylenes is 1. The van der Waals surface area contributed by atoms with Gasteiger partial charge in [-0.25, -0.2) is 0 Å². The summed E-state index contributed by atoms with van der Waals surface area (Å²) in [6, 6.07) is 0. The lowest BCUT2D eigenvalue weighted by atomic mass is 9.93. The molecular weight excluding hydrogens is 200 g/mol. The molecule has 0 saturated carbocycles. The van der Waals surface area contributed by atoms with Crippen molar-refractivity contribution < 1.29 is 4.79 Å². The molecule has 3 heteroatoms. The summed E-state index contributed by atoms with van der Waals surface area (Å²) in [7, 11) is 1.83. The molecule has 0 aliphatic carbocycles. The number of carbonyl (C=O) groups excluding carboxylic acids is 1. The molecule has 0 spiro atoms. The van der Waals surface area contributed by atoms with Crippen LogP contribution in [0.5, 0.6) is 0 Å². The van der Waals surface area contributed by atoms with Crippen LogP contribution in [0.2, 0.25) is 0 Å². The van der Waals surface area contributed by atoms with Crippen molar-refractivity contribution in [3.05, 3.63) is 0 Å². The summed E-state index contributed by atoms with van der Waals surface area (Å²) in [5, 5.41) is 0. The van der Waals surface area contributed by atoms with E-state index in [0.29, 0.717) is 19.5 Å². The number of nitrogens with zero attached hydrogens (tertiary/aromatic N) is 1. The zero-order chi connectivity index (χ0) is 12.6. The van der Waals surface area contributed by atoms with Crippen molar-refractivity contribution in [3.8, 4) is 12.3 Å². The highest BCUT2D eigenvalue weighted by Crippen LogP contribution is 2.14. The van der Waals surface area contributed by atoms with Crippen LogP contribution in [0.15, 0.2) is 0 Å². The molecule has 0 saturated heterocycles. The largest absolute Gasteiger partial charge is 0.345 e. The molecule has 0 aromatic rings. The highest BCUT2D eigenvalue weighted by atomic mass is 16.2. The first kappa shape index (κ1) is 15.0. The predicted molar refractivity (Wildman–Crippen MR) is 67.8 cm³/mol. The van der Waals surface area contributed by atoms with E-state index in [1.165, 1.54) is 0 Å². The fourth-order valence-electron chi connectivity index (χ4n) is 1.49. The van der Waals surface area contributed by atoms with Crippen LogP contribution in [0.25, 0.3) is 0 Å². The van der Waals surface area contributed by atoms with E-state index >= 15 is 0 Å². The predicted octanol–water partition coefficient (Wildman–Crippen LogP) is 1.62. The van der Waals surface area contributed by atoms with Gasteiger partial charge in [0.25, 0.3) is 0 Å². The van der Waals surface area contributed by atoms with Gasteiger partial charge in [-0.2, -0.15) is 0 Å². The molecule has 0 radical (unpaired) electrons. The van der Waals surface area contributed by atoms with Gasteiger partial charge in [0.1, 0.15) is 0 Å². The van der Waals surface area contributed by atoms with Crippen molar-refractivity contribution in [1.29, 1.82) is 0 Å². The molecule has 0 aliphatic heterocycles. The monoisotopic (exact) mass is 224 g/mol. The third-order valence-electron chi connectivity index (χ3n) is 2.61. The van der Waals surface area contributed by atoms with E-state index in [9.17, 15) is 4.79 Å². The molecule has 92 valence electrons. The van der Waals surface area contributed by atoms with E-state index in [4.69, 9.17) is 12.2 Å². The summed E-state index contributed by atoms with van der Waals surface area (Å²) in [5.74, 6) is 2.76. The zero-order valence-electron chi connectivity index (χ0n) is 10.8. The normalized spacial score (nSPS) is 10.9. The summed E-state index contributed by atoms with van der Waals surface area (Å²) in [5.41, 5.74) is 5.62. The smallest absolute Gasteiger partial charge is 0.222 e. The van der Waals surface area contributed by atoms with Gasteiger partial charge in [-0.3, -0.25) is 4.79 Å². The molecule has 0 aliphatic rings. The number of amides is 1. The van der Waals surface area contributed by atoms with Crippen LogP contribution >= 0.6 is 0 Å². The molecule has 0 bridgehead atoms. The first-order valence-corrected chi connectivity index (χ1v) is 5.80. The third kappa shape index (κ3) is 6.47. The highest BCUT2D eigenvalue weighted by Gasteiger charge is 2.20. The lowest BCUT2D eigenvalue weighted by Gasteiger charge is -2.29. The van der Waals surface area contributed by atoms with Crippen LogP contribution < -0.4 is 5.73 Å². The minimum absolute atomic E-state index is 0.0107. The summed E-state index contributed by atoms with van der Waals surface area (Å²) >= 11 is 0. The Bertz CT molecular complexity index is 253. The van der Waals surface area contributed by atoms with Gasteiger partial charge in [-0.1, -0.05) is 13.8 Å². The zero-order valence-corrected chi connectivity index (χ0v) is 10.8. The van der Waals surface area contributed by atoms with E-state index in [1.807, 2.05) is 7.05 Å². The Morgan fingerprint density at radius 2 is 2.06 bits per heavy atom. The van der Waals surface area contributed by atoms with E-state index < -0.39 is 0 Å². The van der Waals surface area contributed by atoms with Gasteiger partial charge in [0, 0.05) is 26.4 Å². The lowest BCUT2D eigenvalue weighted by molar-refractivity contribution is -0.131. The Kier molecular flexibility index (Phi) is 6.83. The molecule has 2 N–H and O–H groups in total. The van der Waals surface area contributed by atoms with Crippen LogP contribution in [0.4, 0.5) is 0 Å². The van der Waals surface area contributed by atoms with Gasteiger partial charge in [-0.05, 0) is 24.8 Å². The average Bonchev–Trinajstić information content (AvgIpc) is 2.23. The highest BCUT2D eigenvalue weighted by molar-refractivity contribution is 5.75. The number of nitrogens with two attached hydrogens (primary N) is 1. The molecule has 16 heavy (non-hydrogen) atoms. The van der Waals surface area contributed by atoms with Crippen molar-refractivity contribution in [3.63, 3.8) is 0 Å². The maximum absolute atomic E-state index is 11.7. The Morgan fingerprint density at radius 3 is 2.56 bits per heavy atom. The molecular formula is C13H24N2O. The van der Waals surface area contributed by atoms with Crippen molar-refractivity contribution in [2.45, 2.75) is 39.5 Å². The first-order valence-electron chi connectivity index (χ1n) is 5.80. The Hall–Kier alpha value is -1.01. The molecule has 0 rings (SSSR count). The molecule has 0 aromatic heterocycles. The maximum atomic E-state index is 11.7. The van der Waals surface area contributed by atoms with E-state index in [1.54, 1.807) is 4.90 Å². The van der Waals surface area contributed by atoms with Crippen LogP contribution in [-0.4, -0.2) is 30.9 Å². The van der Waals surface area contributed by atoms with Gasteiger partial charge in [-0.15, -0.1) is 12.3 Å². The number of rotatable bonds is 7. The second-order valence-electron chi connectivity index (χ2n) is 5.03. The number of carbonyl (C=O) groups is 1. The Balaban J connectivity index is 3.87. The van der Waals surface area contributed by atoms with Crippen molar-refractivity contribution in [2.75, 3.05) is 20.1 Å². The van der Waals surface area contributed by atoms with E-state index in [0.717, 1.165) is 19.3 Å². The molecule has 0 aromatic carbocycles. The maximum Gasteiger partial charge on any atom is 0.222 e. The second-order valence-corrected chi connectivity index (χ2v) is 5.03. The van der Waals surface area contributed by atoms with Gasteiger partial charge in [0.15, 0.2) is 0 Å². The molecule has 0 heterocycles. The lowest BCUT2D eigenvalue weighted by Crippen LogP contribution is -2.39. The van der Waals surface area contributed by atoms with E-state index in [2.05, 4.69) is 19.8 Å². The van der Waals surface area contributed by atoms with Crippen LogP contribution in [-0.2, 0) is 4.79 Å². The summed E-state index contributed by atoms with van der Waals surface area (Å²) in [4.78, 5) is 13.5. The molecule has 0 atom stereocenters. The number of hydrogen-bond donors (Lipinski definition) is 1. The van der Waals surface area contributed by atoms with Gasteiger partial charge in [0.05, 0.1) is 0 Å². The van der Waals surface area contributed by atoms with Gasteiger partial charge < -0.3 is 10.6 Å². The van der Waals surface area contributed by atoms with Gasteiger partial charge >= 0.3 is 0 Å². The van der Waals surface area contributed by atoms with Crippen LogP contribution in [0.1, 0.15) is 39.5 Å². The Labute approximate surface area is 99.4 Å². The topological polar surface area (TPSA) is 46.3 Å². The summed E-state index contributed by atoms with van der Waals surface area (Å²) in [6.45, 7) is 5.42. The van der Waals surface area contributed by atoms with E-state index in [-0.39, 0.29) is 11.3 Å². The summed E-state index contributed by atoms with van der Waals surface area (Å²) < 4.78 is 0. The molecule has 0 fully saturated rings. The molecule has 3 nitrogen and oxygen atoms in total. The standard InChI is InChI=1S/C13H24N2O/c1-5-6-7-8-9-12(16)15(4)11-13(2,3)10-14/h1H,6-11,14H2,2-4H3. The van der Waals surface area contributed by atoms with Gasteiger partial charge in [0.2, 0.25) is 5.91 Å².